The van der Waals surface area contributed by atoms with Crippen molar-refractivity contribution in [2.45, 2.75) is 12.5 Å². The molecule has 1 aromatic carbocycles. The van der Waals surface area contributed by atoms with E-state index in [0.717, 1.165) is 17.2 Å². The second-order valence-electron chi connectivity index (χ2n) is 4.95. The zero-order valence-electron chi connectivity index (χ0n) is 11.4. The summed E-state index contributed by atoms with van der Waals surface area (Å²) in [5, 5.41) is 12.8. The van der Waals surface area contributed by atoms with Gasteiger partial charge in [0, 0.05) is 30.4 Å². The molecule has 2 heterocycles. The molecule has 1 aromatic heterocycles. The first-order chi connectivity index (χ1) is 10.6. The van der Waals surface area contributed by atoms with Crippen molar-refractivity contribution in [1.29, 1.82) is 0 Å². The molecule has 2 aromatic rings. The number of amides is 1. The molecule has 22 heavy (non-hydrogen) atoms. The molecule has 0 unspecified atom stereocenters. The van der Waals surface area contributed by atoms with E-state index in [9.17, 15) is 4.79 Å². The Bertz CT molecular complexity index is 681. The molecule has 0 aliphatic carbocycles. The molecule has 0 spiro atoms. The van der Waals surface area contributed by atoms with Gasteiger partial charge in [-0.2, -0.15) is 0 Å². The fourth-order valence-corrected chi connectivity index (χ4v) is 3.60. The van der Waals surface area contributed by atoms with Gasteiger partial charge in [0.15, 0.2) is 5.13 Å². The van der Waals surface area contributed by atoms with Crippen molar-refractivity contribution in [1.82, 2.24) is 9.88 Å². The van der Waals surface area contributed by atoms with Crippen LogP contribution in [0.2, 0.25) is 10.0 Å². The third-order valence-corrected chi connectivity index (χ3v) is 5.12. The lowest BCUT2D eigenvalue weighted by atomic mass is 10.2. The van der Waals surface area contributed by atoms with Crippen molar-refractivity contribution >= 4 is 51.5 Å². The number of hydrogen-bond donors (Lipinski definition) is 1. The molecule has 1 amide bonds. The van der Waals surface area contributed by atoms with Crippen molar-refractivity contribution in [2.24, 2.45) is 0 Å². The van der Waals surface area contributed by atoms with E-state index in [1.54, 1.807) is 18.3 Å². The van der Waals surface area contributed by atoms with E-state index < -0.39 is 6.09 Å². The first-order valence-corrected chi connectivity index (χ1v) is 8.31. The highest BCUT2D eigenvalue weighted by atomic mass is 35.5. The quantitative estimate of drug-likeness (QED) is 0.887. The largest absolute Gasteiger partial charge is 0.465 e. The average Bonchev–Trinajstić information content (AvgIpc) is 3.15. The SMILES string of the molecule is O=C(O)N1CC[C@H](N(c2ccc(Cl)c(Cl)c2)c2nccs2)C1. The fourth-order valence-electron chi connectivity index (χ4n) is 2.57. The van der Waals surface area contributed by atoms with Gasteiger partial charge in [-0.25, -0.2) is 9.78 Å². The molecule has 0 bridgehead atoms. The Morgan fingerprint density at radius 3 is 2.82 bits per heavy atom. The van der Waals surface area contributed by atoms with E-state index in [1.807, 2.05) is 16.3 Å². The van der Waals surface area contributed by atoms with Gasteiger partial charge in [-0.05, 0) is 24.6 Å². The van der Waals surface area contributed by atoms with Gasteiger partial charge >= 0.3 is 6.09 Å². The maximum atomic E-state index is 11.1. The standard InChI is InChI=1S/C14H13Cl2N3O2S/c15-11-2-1-9(7-12(11)16)19(13-17-4-6-22-13)10-3-5-18(8-10)14(20)21/h1-2,4,6-7,10H,3,5,8H2,(H,20,21)/t10-/m0/s1. The minimum Gasteiger partial charge on any atom is -0.465 e. The number of hydrogen-bond acceptors (Lipinski definition) is 4. The predicted molar refractivity (Wildman–Crippen MR) is 88.7 cm³/mol. The van der Waals surface area contributed by atoms with E-state index >= 15 is 0 Å². The summed E-state index contributed by atoms with van der Waals surface area (Å²) in [5.74, 6) is 0. The molecule has 5 nitrogen and oxygen atoms in total. The maximum absolute atomic E-state index is 11.1. The number of thiazole rings is 1. The monoisotopic (exact) mass is 357 g/mol. The average molecular weight is 358 g/mol. The molecular weight excluding hydrogens is 345 g/mol. The summed E-state index contributed by atoms with van der Waals surface area (Å²) in [4.78, 5) is 19.0. The van der Waals surface area contributed by atoms with Gasteiger partial charge in [0.2, 0.25) is 0 Å². The highest BCUT2D eigenvalue weighted by Gasteiger charge is 2.32. The third-order valence-electron chi connectivity index (χ3n) is 3.61. The summed E-state index contributed by atoms with van der Waals surface area (Å²) in [7, 11) is 0. The maximum Gasteiger partial charge on any atom is 0.407 e. The molecule has 1 atom stereocenters. The molecule has 116 valence electrons. The van der Waals surface area contributed by atoms with Gasteiger partial charge in [-0.3, -0.25) is 0 Å². The van der Waals surface area contributed by atoms with Crippen molar-refractivity contribution < 1.29 is 9.90 Å². The van der Waals surface area contributed by atoms with Crippen LogP contribution in [0.4, 0.5) is 15.6 Å². The predicted octanol–water partition coefficient (Wildman–Crippen LogP) is 4.34. The second kappa shape index (κ2) is 6.32. The summed E-state index contributed by atoms with van der Waals surface area (Å²) in [6.07, 6.45) is 1.58. The van der Waals surface area contributed by atoms with Crippen molar-refractivity contribution in [2.75, 3.05) is 18.0 Å². The first-order valence-electron chi connectivity index (χ1n) is 6.68. The zero-order chi connectivity index (χ0) is 15.7. The molecule has 0 radical (unpaired) electrons. The van der Waals surface area contributed by atoms with Gasteiger partial charge in [-0.15, -0.1) is 11.3 Å². The number of aromatic nitrogens is 1. The molecule has 8 heteroatoms. The summed E-state index contributed by atoms with van der Waals surface area (Å²) in [6, 6.07) is 5.43. The van der Waals surface area contributed by atoms with Gasteiger partial charge in [0.25, 0.3) is 0 Å². The molecular formula is C14H13Cl2N3O2S. The van der Waals surface area contributed by atoms with Crippen molar-refractivity contribution in [3.8, 4) is 0 Å². The summed E-state index contributed by atoms with van der Waals surface area (Å²) in [5.41, 5.74) is 0.863. The van der Waals surface area contributed by atoms with E-state index in [0.29, 0.717) is 23.1 Å². The summed E-state index contributed by atoms with van der Waals surface area (Å²) in [6.45, 7) is 0.957. The van der Waals surface area contributed by atoms with Crippen molar-refractivity contribution in [3.63, 3.8) is 0 Å². The lowest BCUT2D eigenvalue weighted by Gasteiger charge is -2.28. The molecule has 1 N–H and O–H groups in total. The van der Waals surface area contributed by atoms with E-state index in [1.165, 1.54) is 16.2 Å². The third kappa shape index (κ3) is 2.99. The number of likely N-dealkylation sites (tertiary alicyclic amines) is 1. The zero-order valence-corrected chi connectivity index (χ0v) is 13.8. The van der Waals surface area contributed by atoms with Crippen LogP contribution < -0.4 is 4.90 Å². The fraction of sp³-hybridized carbons (Fsp3) is 0.286. The molecule has 1 fully saturated rings. The van der Waals surface area contributed by atoms with Crippen LogP contribution in [0.3, 0.4) is 0 Å². The summed E-state index contributed by atoms with van der Waals surface area (Å²) >= 11 is 13.6. The highest BCUT2D eigenvalue weighted by Crippen LogP contribution is 2.36. The van der Waals surface area contributed by atoms with Gasteiger partial charge in [0.1, 0.15) is 0 Å². The van der Waals surface area contributed by atoms with Crippen LogP contribution in [-0.2, 0) is 0 Å². The minimum absolute atomic E-state index is 0.0273. The van der Waals surface area contributed by atoms with Crippen LogP contribution in [0.1, 0.15) is 6.42 Å². The number of benzene rings is 1. The van der Waals surface area contributed by atoms with Crippen LogP contribution in [-0.4, -0.2) is 40.2 Å². The van der Waals surface area contributed by atoms with Crippen LogP contribution >= 0.6 is 34.5 Å². The molecule has 3 rings (SSSR count). The number of anilines is 2. The topological polar surface area (TPSA) is 56.7 Å². The lowest BCUT2D eigenvalue weighted by molar-refractivity contribution is 0.155. The van der Waals surface area contributed by atoms with Crippen LogP contribution in [0, 0.1) is 0 Å². The molecule has 1 aliphatic rings. The van der Waals surface area contributed by atoms with Crippen LogP contribution in [0.25, 0.3) is 0 Å². The molecule has 0 saturated carbocycles. The first kappa shape index (κ1) is 15.4. The Hall–Kier alpha value is -1.50. The van der Waals surface area contributed by atoms with E-state index in [-0.39, 0.29) is 6.04 Å². The Labute approximate surface area is 141 Å². The van der Waals surface area contributed by atoms with E-state index in [4.69, 9.17) is 28.3 Å². The number of nitrogens with zero attached hydrogens (tertiary/aromatic N) is 3. The highest BCUT2D eigenvalue weighted by molar-refractivity contribution is 7.13. The Kier molecular flexibility index (Phi) is 4.42. The van der Waals surface area contributed by atoms with Crippen LogP contribution in [0.5, 0.6) is 0 Å². The Morgan fingerprint density at radius 1 is 1.41 bits per heavy atom. The number of carbonyl (C=O) groups is 1. The Morgan fingerprint density at radius 2 is 2.23 bits per heavy atom. The molecule has 1 saturated heterocycles. The van der Waals surface area contributed by atoms with Crippen LogP contribution in [0.15, 0.2) is 29.8 Å². The minimum atomic E-state index is -0.893. The number of rotatable bonds is 3. The number of carboxylic acid groups (broad SMARTS) is 1. The second-order valence-corrected chi connectivity index (χ2v) is 6.64. The molecule has 1 aliphatic heterocycles. The van der Waals surface area contributed by atoms with E-state index in [2.05, 4.69) is 4.98 Å². The normalized spacial score (nSPS) is 17.7. The lowest BCUT2D eigenvalue weighted by Crippen LogP contribution is -2.35. The van der Waals surface area contributed by atoms with Crippen molar-refractivity contribution in [3.05, 3.63) is 39.8 Å². The smallest absolute Gasteiger partial charge is 0.407 e. The Balaban J connectivity index is 1.95. The van der Waals surface area contributed by atoms with Gasteiger partial charge < -0.3 is 14.9 Å². The van der Waals surface area contributed by atoms with Gasteiger partial charge in [0.05, 0.1) is 16.1 Å². The number of halogens is 2. The van der Waals surface area contributed by atoms with Gasteiger partial charge in [-0.1, -0.05) is 23.2 Å². The summed E-state index contributed by atoms with van der Waals surface area (Å²) < 4.78 is 0.